The van der Waals surface area contributed by atoms with Gasteiger partial charge in [0.15, 0.2) is 11.8 Å². The number of morpholine rings is 1. The van der Waals surface area contributed by atoms with Gasteiger partial charge in [-0.05, 0) is 24.5 Å². The Balaban J connectivity index is 1.40. The second kappa shape index (κ2) is 9.09. The van der Waals surface area contributed by atoms with Crippen LogP contribution < -0.4 is 19.9 Å². The summed E-state index contributed by atoms with van der Waals surface area (Å²) in [7, 11) is 1.70. The van der Waals surface area contributed by atoms with Crippen molar-refractivity contribution in [1.29, 1.82) is 0 Å². The van der Waals surface area contributed by atoms with E-state index in [1.807, 2.05) is 12.4 Å². The minimum atomic E-state index is 0.589. The van der Waals surface area contributed by atoms with Crippen LogP contribution in [0.2, 0.25) is 0 Å². The molecule has 1 aromatic carbocycles. The smallest absolute Gasteiger partial charge is 0.305 e. The number of imidazole rings is 1. The average Bonchev–Trinajstić information content (AvgIpc) is 3.30. The van der Waals surface area contributed by atoms with Gasteiger partial charge in [0.1, 0.15) is 5.75 Å². The molecule has 1 aliphatic carbocycles. The van der Waals surface area contributed by atoms with Crippen molar-refractivity contribution in [3.63, 3.8) is 0 Å². The number of hydrogen-bond acceptors (Lipinski definition) is 6. The minimum absolute atomic E-state index is 0.589. The largest absolute Gasteiger partial charge is 0.494 e. The first-order chi connectivity index (χ1) is 15.3. The second-order valence-electron chi connectivity index (χ2n) is 8.47. The van der Waals surface area contributed by atoms with Gasteiger partial charge in [-0.25, -0.2) is 4.98 Å². The van der Waals surface area contributed by atoms with Gasteiger partial charge >= 0.3 is 11.6 Å². The topological polar surface area (TPSA) is 89.4 Å². The minimum Gasteiger partial charge on any atom is -0.494 e. The molecule has 1 saturated heterocycles. The molecule has 0 amide bonds. The molecule has 3 aromatic rings. The maximum Gasteiger partial charge on any atom is 0.305 e. The summed E-state index contributed by atoms with van der Waals surface area (Å²) in [6.45, 7) is 3.30. The van der Waals surface area contributed by atoms with Crippen LogP contribution in [0.5, 0.6) is 5.75 Å². The van der Waals surface area contributed by atoms with Crippen LogP contribution >= 0.6 is 0 Å². The lowest BCUT2D eigenvalue weighted by Gasteiger charge is -2.29. The number of ether oxygens (including phenoxy) is 2. The van der Waals surface area contributed by atoms with Crippen LogP contribution in [0.4, 0.5) is 17.3 Å². The first-order valence-corrected chi connectivity index (χ1v) is 11.3. The Morgan fingerprint density at radius 3 is 2.84 bits per heavy atom. The molecule has 3 heterocycles. The van der Waals surface area contributed by atoms with E-state index in [-0.39, 0.29) is 0 Å². The summed E-state index contributed by atoms with van der Waals surface area (Å²) in [5, 5.41) is 3.39. The Morgan fingerprint density at radius 2 is 2.03 bits per heavy atom. The fraction of sp³-hybridized carbons (Fsp3) is 0.522. The van der Waals surface area contributed by atoms with Crippen molar-refractivity contribution in [3.8, 4) is 5.75 Å². The first-order valence-electron chi connectivity index (χ1n) is 11.3. The molecular formula is C23H31N6O2+. The fourth-order valence-corrected chi connectivity index (χ4v) is 4.73. The Kier molecular flexibility index (Phi) is 5.88. The Hall–Kier alpha value is -2.87. The molecule has 0 spiro atoms. The lowest BCUT2D eigenvalue weighted by molar-refractivity contribution is -0.347. The third-order valence-corrected chi connectivity index (χ3v) is 6.42. The summed E-state index contributed by atoms with van der Waals surface area (Å²) >= 11 is 0. The van der Waals surface area contributed by atoms with Gasteiger partial charge in [-0.2, -0.15) is 4.98 Å². The number of fused-ring (bicyclic) bond motifs is 1. The van der Waals surface area contributed by atoms with Crippen molar-refractivity contribution in [2.24, 2.45) is 5.92 Å². The van der Waals surface area contributed by atoms with Crippen LogP contribution in [0.3, 0.4) is 0 Å². The third kappa shape index (κ3) is 4.44. The number of rotatable bonds is 6. The predicted molar refractivity (Wildman–Crippen MR) is 120 cm³/mol. The van der Waals surface area contributed by atoms with Crippen molar-refractivity contribution in [2.75, 3.05) is 43.6 Å². The highest BCUT2D eigenvalue weighted by molar-refractivity contribution is 5.73. The van der Waals surface area contributed by atoms with Gasteiger partial charge in [0.05, 0.1) is 31.7 Å². The quantitative estimate of drug-likeness (QED) is 0.631. The van der Waals surface area contributed by atoms with Crippen molar-refractivity contribution in [2.45, 2.75) is 38.5 Å². The zero-order chi connectivity index (χ0) is 21.0. The zero-order valence-electron chi connectivity index (χ0n) is 18.1. The number of nitrogens with zero attached hydrogens (tertiary/aromatic N) is 3. The molecule has 2 fully saturated rings. The van der Waals surface area contributed by atoms with E-state index in [4.69, 9.17) is 14.5 Å². The highest BCUT2D eigenvalue weighted by Crippen LogP contribution is 2.33. The highest BCUT2D eigenvalue weighted by atomic mass is 16.5. The Labute approximate surface area is 182 Å². The maximum atomic E-state index is 5.68. The summed E-state index contributed by atoms with van der Waals surface area (Å²) in [5.74, 6) is 2.07. The van der Waals surface area contributed by atoms with Crippen LogP contribution in [0.15, 0.2) is 24.5 Å². The SMILES string of the molecule is COc1cc(N2CCOCC2)ccc1Nc1nc(CC2CCCCC2)c2[nH]c[nH+]c2n1. The number of hydrogen-bond donors (Lipinski definition) is 2. The molecule has 0 bridgehead atoms. The molecule has 2 aromatic heterocycles. The highest BCUT2D eigenvalue weighted by Gasteiger charge is 2.22. The molecule has 8 nitrogen and oxygen atoms in total. The van der Waals surface area contributed by atoms with Crippen LogP contribution in [-0.4, -0.2) is 48.4 Å². The number of aromatic amines is 2. The predicted octanol–water partition coefficient (Wildman–Crippen LogP) is 3.48. The van der Waals surface area contributed by atoms with Crippen molar-refractivity contribution in [1.82, 2.24) is 15.0 Å². The second-order valence-corrected chi connectivity index (χ2v) is 8.47. The molecule has 0 radical (unpaired) electrons. The molecule has 3 N–H and O–H groups in total. The standard InChI is InChI=1S/C23H30N6O2/c1-30-20-14-17(29-9-11-31-12-10-29)7-8-18(20)26-23-27-19(13-16-5-3-2-4-6-16)21-22(28-23)25-15-24-21/h7-8,14-16H,2-6,9-13H2,1H3,(H2,24,25,26,27,28)/p+1. The number of anilines is 3. The van der Waals surface area contributed by atoms with Crippen LogP contribution in [0, 0.1) is 5.92 Å². The van der Waals surface area contributed by atoms with Gasteiger partial charge in [0.2, 0.25) is 0 Å². The monoisotopic (exact) mass is 423 g/mol. The molecule has 0 unspecified atom stereocenters. The maximum absolute atomic E-state index is 5.68. The summed E-state index contributed by atoms with van der Waals surface area (Å²) < 4.78 is 11.2. The van der Waals surface area contributed by atoms with E-state index in [9.17, 15) is 0 Å². The van der Waals surface area contributed by atoms with Gasteiger partial charge in [0.25, 0.3) is 0 Å². The van der Waals surface area contributed by atoms with Gasteiger partial charge in [-0.15, -0.1) is 0 Å². The summed E-state index contributed by atoms with van der Waals surface area (Å²) in [4.78, 5) is 18.4. The van der Waals surface area contributed by atoms with E-state index in [2.05, 4.69) is 37.3 Å². The Morgan fingerprint density at radius 1 is 1.19 bits per heavy atom. The molecule has 5 rings (SSSR count). The summed E-state index contributed by atoms with van der Waals surface area (Å²) in [6.07, 6.45) is 9.39. The van der Waals surface area contributed by atoms with E-state index < -0.39 is 0 Å². The fourth-order valence-electron chi connectivity index (χ4n) is 4.73. The number of methoxy groups -OCH3 is 1. The third-order valence-electron chi connectivity index (χ3n) is 6.42. The van der Waals surface area contributed by atoms with E-state index in [1.54, 1.807) is 7.11 Å². The van der Waals surface area contributed by atoms with Crippen molar-refractivity contribution < 1.29 is 14.5 Å². The van der Waals surface area contributed by atoms with Crippen LogP contribution in [-0.2, 0) is 11.2 Å². The van der Waals surface area contributed by atoms with E-state index >= 15 is 0 Å². The van der Waals surface area contributed by atoms with Crippen LogP contribution in [0.1, 0.15) is 37.8 Å². The molecule has 1 aliphatic heterocycles. The molecule has 31 heavy (non-hydrogen) atoms. The van der Waals surface area contributed by atoms with Crippen molar-refractivity contribution in [3.05, 3.63) is 30.2 Å². The van der Waals surface area contributed by atoms with Crippen molar-refractivity contribution >= 4 is 28.5 Å². The number of benzene rings is 1. The van der Waals surface area contributed by atoms with Crippen LogP contribution in [0.25, 0.3) is 11.2 Å². The zero-order valence-corrected chi connectivity index (χ0v) is 18.1. The summed E-state index contributed by atoms with van der Waals surface area (Å²) in [5.41, 5.74) is 4.90. The molecule has 2 aliphatic rings. The van der Waals surface area contributed by atoms with Gasteiger partial charge in [0, 0.05) is 24.8 Å². The lowest BCUT2D eigenvalue weighted by Crippen LogP contribution is -2.36. The first kappa shape index (κ1) is 20.1. The molecule has 8 heteroatoms. The van der Waals surface area contributed by atoms with E-state index in [1.165, 1.54) is 32.1 Å². The van der Waals surface area contributed by atoms with Gasteiger partial charge < -0.3 is 19.7 Å². The average molecular weight is 424 g/mol. The number of H-pyrrole nitrogens is 2. The summed E-state index contributed by atoms with van der Waals surface area (Å²) in [6, 6.07) is 6.22. The van der Waals surface area contributed by atoms with Gasteiger partial charge in [-0.3, -0.25) is 4.98 Å². The van der Waals surface area contributed by atoms with Gasteiger partial charge in [-0.1, -0.05) is 37.1 Å². The Bertz CT molecular complexity index is 1020. The normalized spacial score (nSPS) is 17.8. The molecular weight excluding hydrogens is 392 g/mol. The van der Waals surface area contributed by atoms with E-state index in [0.717, 1.165) is 66.7 Å². The van der Waals surface area contributed by atoms with E-state index in [0.29, 0.717) is 11.9 Å². The molecule has 0 atom stereocenters. The molecule has 1 saturated carbocycles. The lowest BCUT2D eigenvalue weighted by atomic mass is 9.86. The molecule has 164 valence electrons. The number of aromatic nitrogens is 4. The number of nitrogens with one attached hydrogen (secondary N) is 3.